The van der Waals surface area contributed by atoms with E-state index in [1.165, 1.54) is 0 Å². The molecule has 6 nitrogen and oxygen atoms in total. The number of thioether (sulfide) groups is 1. The highest BCUT2D eigenvalue weighted by Gasteiger charge is 2.12. The number of carbonyl (C=O) groups is 3. The number of halogens is 2. The van der Waals surface area contributed by atoms with Gasteiger partial charge in [-0.05, 0) is 36.8 Å². The molecule has 0 heterocycles. The molecule has 0 aliphatic rings. The van der Waals surface area contributed by atoms with Gasteiger partial charge in [-0.25, -0.2) is 8.78 Å². The fourth-order valence-corrected chi connectivity index (χ4v) is 2.72. The predicted molar refractivity (Wildman–Crippen MR) is 103 cm³/mol. The molecule has 0 aromatic heterocycles. The lowest BCUT2D eigenvalue weighted by Gasteiger charge is -2.08. The Morgan fingerprint density at radius 2 is 1.79 bits per heavy atom. The van der Waals surface area contributed by atoms with Crippen molar-refractivity contribution in [1.29, 1.82) is 0 Å². The Hall–Kier alpha value is -2.94. The number of anilines is 2. The summed E-state index contributed by atoms with van der Waals surface area (Å²) in [5.41, 5.74) is 1.45. The number of ether oxygens (including phenoxy) is 1. The Bertz CT molecular complexity index is 877. The lowest BCUT2D eigenvalue weighted by Crippen LogP contribution is -2.22. The molecule has 0 atom stereocenters. The number of aryl methyl sites for hydroxylation is 1. The number of nitrogens with one attached hydrogen (secondary N) is 2. The molecule has 148 valence electrons. The Kier molecular flexibility index (Phi) is 7.94. The van der Waals surface area contributed by atoms with E-state index in [0.29, 0.717) is 11.8 Å². The fourth-order valence-electron chi connectivity index (χ4n) is 2.11. The Morgan fingerprint density at radius 3 is 2.50 bits per heavy atom. The SMILES string of the molecule is Cc1cccc(NC(=O)CSCC(=O)OCC(=O)Nc2ccc(F)cc2F)c1. The van der Waals surface area contributed by atoms with Gasteiger partial charge in [0.1, 0.15) is 11.6 Å². The van der Waals surface area contributed by atoms with Crippen LogP contribution in [0, 0.1) is 18.6 Å². The molecule has 9 heteroatoms. The standard InChI is InChI=1S/C19H18F2N2O4S/c1-12-3-2-4-14(7-12)22-18(25)10-28-11-19(26)27-9-17(24)23-16-6-5-13(20)8-15(16)21/h2-8H,9-11H2,1H3,(H,22,25)(H,23,24). The van der Waals surface area contributed by atoms with Crippen LogP contribution < -0.4 is 10.6 Å². The molecular weight excluding hydrogens is 390 g/mol. The number of hydrogen-bond acceptors (Lipinski definition) is 5. The number of carbonyl (C=O) groups excluding carboxylic acids is 3. The van der Waals surface area contributed by atoms with Crippen LogP contribution >= 0.6 is 11.8 Å². The van der Waals surface area contributed by atoms with E-state index in [2.05, 4.69) is 10.6 Å². The largest absolute Gasteiger partial charge is 0.455 e. The van der Waals surface area contributed by atoms with Crippen molar-refractivity contribution < 1.29 is 27.9 Å². The summed E-state index contributed by atoms with van der Waals surface area (Å²) in [6.45, 7) is 1.28. The molecule has 2 aromatic rings. The van der Waals surface area contributed by atoms with E-state index in [1.807, 2.05) is 25.1 Å². The molecule has 28 heavy (non-hydrogen) atoms. The minimum Gasteiger partial charge on any atom is -0.455 e. The first-order valence-corrected chi connectivity index (χ1v) is 9.34. The highest BCUT2D eigenvalue weighted by atomic mass is 32.2. The van der Waals surface area contributed by atoms with Gasteiger partial charge in [-0.1, -0.05) is 12.1 Å². The van der Waals surface area contributed by atoms with Gasteiger partial charge in [0, 0.05) is 11.8 Å². The number of amides is 2. The molecule has 0 bridgehead atoms. The van der Waals surface area contributed by atoms with Crippen LogP contribution in [0.5, 0.6) is 0 Å². The van der Waals surface area contributed by atoms with E-state index < -0.39 is 30.1 Å². The van der Waals surface area contributed by atoms with Crippen molar-refractivity contribution in [3.63, 3.8) is 0 Å². The second kappa shape index (κ2) is 10.4. The summed E-state index contributed by atoms with van der Waals surface area (Å²) in [6, 6.07) is 9.97. The van der Waals surface area contributed by atoms with Gasteiger partial charge in [0.2, 0.25) is 5.91 Å². The summed E-state index contributed by atoms with van der Waals surface area (Å²) < 4.78 is 31.0. The van der Waals surface area contributed by atoms with Crippen LogP contribution in [0.2, 0.25) is 0 Å². The molecule has 0 spiro atoms. The number of esters is 1. The van der Waals surface area contributed by atoms with Gasteiger partial charge >= 0.3 is 5.97 Å². The predicted octanol–water partition coefficient (Wildman–Crippen LogP) is 3.13. The van der Waals surface area contributed by atoms with Crippen molar-refractivity contribution in [2.45, 2.75) is 6.92 Å². The maximum absolute atomic E-state index is 13.4. The van der Waals surface area contributed by atoms with Crippen LogP contribution in [0.3, 0.4) is 0 Å². The Balaban J connectivity index is 1.65. The minimum atomic E-state index is -0.935. The topological polar surface area (TPSA) is 84.5 Å². The lowest BCUT2D eigenvalue weighted by atomic mass is 10.2. The van der Waals surface area contributed by atoms with Gasteiger partial charge in [0.05, 0.1) is 17.2 Å². The van der Waals surface area contributed by atoms with Crippen molar-refractivity contribution in [3.8, 4) is 0 Å². The first kappa shape index (κ1) is 21.4. The molecule has 0 aliphatic carbocycles. The maximum Gasteiger partial charge on any atom is 0.316 e. The molecule has 2 N–H and O–H groups in total. The zero-order chi connectivity index (χ0) is 20.5. The quantitative estimate of drug-likeness (QED) is 0.656. The molecule has 0 fully saturated rings. The summed E-state index contributed by atoms with van der Waals surface area (Å²) >= 11 is 1.03. The van der Waals surface area contributed by atoms with Crippen LogP contribution in [0.4, 0.5) is 20.2 Å². The molecule has 2 amide bonds. The van der Waals surface area contributed by atoms with Crippen LogP contribution in [-0.4, -0.2) is 35.9 Å². The fraction of sp³-hybridized carbons (Fsp3) is 0.211. The monoisotopic (exact) mass is 408 g/mol. The molecule has 2 aromatic carbocycles. The van der Waals surface area contributed by atoms with E-state index in [0.717, 1.165) is 29.5 Å². The third kappa shape index (κ3) is 7.36. The highest BCUT2D eigenvalue weighted by Crippen LogP contribution is 2.15. The Labute approximate surface area is 164 Å². The summed E-state index contributed by atoms with van der Waals surface area (Å²) in [5.74, 6) is -3.52. The second-order valence-corrected chi connectivity index (χ2v) is 6.73. The lowest BCUT2D eigenvalue weighted by molar-refractivity contribution is -0.144. The number of hydrogen-bond donors (Lipinski definition) is 2. The smallest absolute Gasteiger partial charge is 0.316 e. The minimum absolute atomic E-state index is 0.0377. The van der Waals surface area contributed by atoms with Gasteiger partial charge in [0.15, 0.2) is 6.61 Å². The van der Waals surface area contributed by atoms with Crippen molar-refractivity contribution in [1.82, 2.24) is 0 Å². The number of rotatable bonds is 8. The van der Waals surface area contributed by atoms with Crippen molar-refractivity contribution in [2.75, 3.05) is 28.7 Å². The first-order valence-electron chi connectivity index (χ1n) is 8.18. The second-order valence-electron chi connectivity index (χ2n) is 5.74. The van der Waals surface area contributed by atoms with Crippen LogP contribution in [-0.2, 0) is 19.1 Å². The van der Waals surface area contributed by atoms with Gasteiger partial charge in [0.25, 0.3) is 5.91 Å². The van der Waals surface area contributed by atoms with Gasteiger partial charge in [-0.2, -0.15) is 0 Å². The normalized spacial score (nSPS) is 10.2. The van der Waals surface area contributed by atoms with E-state index >= 15 is 0 Å². The van der Waals surface area contributed by atoms with Crippen LogP contribution in [0.15, 0.2) is 42.5 Å². The maximum atomic E-state index is 13.4. The third-order valence-electron chi connectivity index (χ3n) is 3.32. The van der Waals surface area contributed by atoms with E-state index in [1.54, 1.807) is 6.07 Å². The van der Waals surface area contributed by atoms with Crippen molar-refractivity contribution in [3.05, 3.63) is 59.7 Å². The van der Waals surface area contributed by atoms with E-state index in [9.17, 15) is 23.2 Å². The molecule has 0 saturated heterocycles. The van der Waals surface area contributed by atoms with Crippen molar-refractivity contribution >= 4 is 40.9 Å². The number of benzene rings is 2. The molecule has 0 radical (unpaired) electrons. The molecule has 0 aliphatic heterocycles. The molecule has 0 unspecified atom stereocenters. The van der Waals surface area contributed by atoms with Gasteiger partial charge in [-0.15, -0.1) is 11.8 Å². The van der Waals surface area contributed by atoms with E-state index in [4.69, 9.17) is 4.74 Å². The molecule has 2 rings (SSSR count). The average molecular weight is 408 g/mol. The average Bonchev–Trinajstić information content (AvgIpc) is 2.62. The third-order valence-corrected chi connectivity index (χ3v) is 4.23. The van der Waals surface area contributed by atoms with Gasteiger partial charge < -0.3 is 15.4 Å². The van der Waals surface area contributed by atoms with Crippen molar-refractivity contribution in [2.24, 2.45) is 0 Å². The zero-order valence-corrected chi connectivity index (χ0v) is 15.8. The Morgan fingerprint density at radius 1 is 1.00 bits per heavy atom. The van der Waals surface area contributed by atoms with Gasteiger partial charge in [-0.3, -0.25) is 14.4 Å². The highest BCUT2D eigenvalue weighted by molar-refractivity contribution is 8.00. The summed E-state index contributed by atoms with van der Waals surface area (Å²) in [6.07, 6.45) is 0. The van der Waals surface area contributed by atoms with Crippen LogP contribution in [0.1, 0.15) is 5.56 Å². The summed E-state index contributed by atoms with van der Waals surface area (Å²) in [5, 5.41) is 4.88. The molecular formula is C19H18F2N2O4S. The van der Waals surface area contributed by atoms with Crippen LogP contribution in [0.25, 0.3) is 0 Å². The first-order chi connectivity index (χ1) is 13.3. The summed E-state index contributed by atoms with van der Waals surface area (Å²) in [7, 11) is 0. The van der Waals surface area contributed by atoms with E-state index in [-0.39, 0.29) is 23.1 Å². The zero-order valence-electron chi connectivity index (χ0n) is 15.0. The molecule has 0 saturated carbocycles. The summed E-state index contributed by atoms with van der Waals surface area (Å²) in [4.78, 5) is 35.1.